The van der Waals surface area contributed by atoms with Crippen LogP contribution in [0.25, 0.3) is 12.2 Å². The van der Waals surface area contributed by atoms with Gasteiger partial charge in [0.25, 0.3) is 11.8 Å². The van der Waals surface area contributed by atoms with Gasteiger partial charge in [-0.2, -0.15) is 10.5 Å². The zero-order valence-electron chi connectivity index (χ0n) is 19.2. The first-order valence-electron chi connectivity index (χ1n) is 10.4. The highest BCUT2D eigenvalue weighted by Crippen LogP contribution is 2.28. The molecule has 10 nitrogen and oxygen atoms in total. The standard InChI is InChI=1S/C25H24N4O6/c1-34-22-6-4-16(12-20(22)30)10-18(14-26)24(32)28-8-3-9-29-25(33)19(15-27)11-17-5-7-23(35-2)21(31)13-17/h4-7,10-13,30-31H,3,8-9H2,1-2H3,(H,28,32)(H,29,33)/b18-10+,19-11+. The van der Waals surface area contributed by atoms with Gasteiger partial charge in [-0.25, -0.2) is 0 Å². The van der Waals surface area contributed by atoms with Gasteiger partial charge in [0.15, 0.2) is 23.0 Å². The number of benzene rings is 2. The Kier molecular flexibility index (Phi) is 9.71. The van der Waals surface area contributed by atoms with Crippen molar-refractivity contribution < 1.29 is 29.3 Å². The molecule has 35 heavy (non-hydrogen) atoms. The first-order valence-corrected chi connectivity index (χ1v) is 10.4. The van der Waals surface area contributed by atoms with Crippen molar-refractivity contribution in [3.8, 4) is 35.1 Å². The van der Waals surface area contributed by atoms with Crippen molar-refractivity contribution in [2.45, 2.75) is 6.42 Å². The van der Waals surface area contributed by atoms with Gasteiger partial charge in [-0.1, -0.05) is 12.1 Å². The smallest absolute Gasteiger partial charge is 0.261 e. The average molecular weight is 476 g/mol. The van der Waals surface area contributed by atoms with Gasteiger partial charge in [0.1, 0.15) is 23.3 Å². The van der Waals surface area contributed by atoms with Gasteiger partial charge in [-0.3, -0.25) is 9.59 Å². The van der Waals surface area contributed by atoms with Crippen LogP contribution in [-0.4, -0.2) is 49.3 Å². The summed E-state index contributed by atoms with van der Waals surface area (Å²) in [5, 5.41) is 43.4. The minimum absolute atomic E-state index is 0.121. The maximum atomic E-state index is 12.3. The molecule has 2 aromatic rings. The molecule has 0 aliphatic heterocycles. The largest absolute Gasteiger partial charge is 0.504 e. The fraction of sp³-hybridized carbons (Fsp3) is 0.200. The monoisotopic (exact) mass is 476 g/mol. The maximum absolute atomic E-state index is 12.3. The van der Waals surface area contributed by atoms with E-state index >= 15 is 0 Å². The summed E-state index contributed by atoms with van der Waals surface area (Å²) in [5.41, 5.74) is 0.582. The highest BCUT2D eigenvalue weighted by molar-refractivity contribution is 6.02. The van der Waals surface area contributed by atoms with Gasteiger partial charge in [0, 0.05) is 13.1 Å². The third kappa shape index (κ3) is 7.55. The van der Waals surface area contributed by atoms with Gasteiger partial charge in [0.05, 0.1) is 14.2 Å². The molecule has 2 rings (SSSR count). The fourth-order valence-corrected chi connectivity index (χ4v) is 2.91. The van der Waals surface area contributed by atoms with Crippen LogP contribution in [0.1, 0.15) is 17.5 Å². The first-order chi connectivity index (χ1) is 16.8. The number of nitrogens with one attached hydrogen (secondary N) is 2. The molecule has 2 amide bonds. The number of hydrogen-bond acceptors (Lipinski definition) is 8. The topological polar surface area (TPSA) is 165 Å². The molecule has 0 radical (unpaired) electrons. The molecular formula is C25H24N4O6. The number of nitrogens with zero attached hydrogens (tertiary/aromatic N) is 2. The number of nitriles is 2. The zero-order chi connectivity index (χ0) is 25.8. The number of amides is 2. The van der Waals surface area contributed by atoms with Crippen LogP contribution in [0.4, 0.5) is 0 Å². The van der Waals surface area contributed by atoms with E-state index in [0.717, 1.165) is 0 Å². The van der Waals surface area contributed by atoms with Crippen molar-refractivity contribution in [1.29, 1.82) is 10.5 Å². The van der Waals surface area contributed by atoms with Crippen molar-refractivity contribution >= 4 is 24.0 Å². The quantitative estimate of drug-likeness (QED) is 0.230. The van der Waals surface area contributed by atoms with E-state index in [-0.39, 0.29) is 47.2 Å². The Morgan fingerprint density at radius 2 is 1.23 bits per heavy atom. The van der Waals surface area contributed by atoms with E-state index in [2.05, 4.69) is 10.6 Å². The van der Waals surface area contributed by atoms with E-state index < -0.39 is 11.8 Å². The van der Waals surface area contributed by atoms with Crippen molar-refractivity contribution in [2.24, 2.45) is 0 Å². The van der Waals surface area contributed by atoms with E-state index in [0.29, 0.717) is 17.5 Å². The number of phenols is 2. The van der Waals surface area contributed by atoms with E-state index in [1.165, 1.54) is 50.6 Å². The molecule has 0 bridgehead atoms. The Morgan fingerprint density at radius 3 is 1.54 bits per heavy atom. The molecule has 0 aromatic heterocycles. The minimum atomic E-state index is -0.606. The summed E-state index contributed by atoms with van der Waals surface area (Å²) in [6.07, 6.45) is 3.01. The number of rotatable bonds is 10. The Morgan fingerprint density at radius 1 is 0.829 bits per heavy atom. The second-order valence-electron chi connectivity index (χ2n) is 7.07. The molecule has 2 aromatic carbocycles. The molecule has 0 saturated heterocycles. The van der Waals surface area contributed by atoms with E-state index in [1.54, 1.807) is 12.1 Å². The first kappa shape index (κ1) is 26.3. The SMILES string of the molecule is COc1ccc(/C=C(\C#N)C(=O)NCCCNC(=O)/C(C#N)=C/c2ccc(OC)c(O)c2)cc1O. The van der Waals surface area contributed by atoms with Crippen molar-refractivity contribution in [1.82, 2.24) is 10.6 Å². The molecule has 10 heteroatoms. The summed E-state index contributed by atoms with van der Waals surface area (Å²) < 4.78 is 9.91. The number of phenolic OH excluding ortho intramolecular Hbond substituents is 2. The van der Waals surface area contributed by atoms with E-state index in [9.17, 15) is 30.3 Å². The summed E-state index contributed by atoms with van der Waals surface area (Å²) in [6, 6.07) is 12.6. The lowest BCUT2D eigenvalue weighted by molar-refractivity contribution is -0.117. The third-order valence-corrected chi connectivity index (χ3v) is 4.68. The molecule has 0 spiro atoms. The summed E-state index contributed by atoms with van der Waals surface area (Å²) in [7, 11) is 2.82. The minimum Gasteiger partial charge on any atom is -0.504 e. The van der Waals surface area contributed by atoms with Crippen LogP contribution in [0, 0.1) is 22.7 Å². The van der Waals surface area contributed by atoms with Gasteiger partial charge in [0.2, 0.25) is 0 Å². The summed E-state index contributed by atoms with van der Waals surface area (Å²) in [4.78, 5) is 24.5. The van der Waals surface area contributed by atoms with Gasteiger partial charge in [-0.05, 0) is 54.0 Å². The lowest BCUT2D eigenvalue weighted by atomic mass is 10.1. The number of hydrogen-bond donors (Lipinski definition) is 4. The van der Waals surface area contributed by atoms with Crippen molar-refractivity contribution in [3.63, 3.8) is 0 Å². The Balaban J connectivity index is 1.87. The predicted octanol–water partition coefficient (Wildman–Crippen LogP) is 2.25. The molecule has 0 aliphatic rings. The van der Waals surface area contributed by atoms with Crippen LogP contribution < -0.4 is 20.1 Å². The highest BCUT2D eigenvalue weighted by atomic mass is 16.5. The molecule has 0 atom stereocenters. The highest BCUT2D eigenvalue weighted by Gasteiger charge is 2.11. The van der Waals surface area contributed by atoms with Crippen LogP contribution in [0.15, 0.2) is 47.5 Å². The van der Waals surface area contributed by atoms with Crippen LogP contribution in [-0.2, 0) is 9.59 Å². The normalized spacial score (nSPS) is 11.1. The molecule has 0 saturated carbocycles. The van der Waals surface area contributed by atoms with Crippen molar-refractivity contribution in [2.75, 3.05) is 27.3 Å². The lowest BCUT2D eigenvalue weighted by Crippen LogP contribution is -2.30. The molecule has 4 N–H and O–H groups in total. The lowest BCUT2D eigenvalue weighted by Gasteiger charge is -2.07. The second kappa shape index (κ2) is 12.9. The molecule has 0 heterocycles. The molecule has 180 valence electrons. The second-order valence-corrected chi connectivity index (χ2v) is 7.07. The predicted molar refractivity (Wildman–Crippen MR) is 127 cm³/mol. The summed E-state index contributed by atoms with van der Waals surface area (Å²) >= 11 is 0. The number of ether oxygens (including phenoxy) is 2. The summed E-state index contributed by atoms with van der Waals surface area (Å²) in [5.74, 6) is -0.918. The molecular weight excluding hydrogens is 452 g/mol. The summed E-state index contributed by atoms with van der Waals surface area (Å²) in [6.45, 7) is 0.341. The Bertz CT molecular complexity index is 1140. The van der Waals surface area contributed by atoms with E-state index in [4.69, 9.17) is 9.47 Å². The van der Waals surface area contributed by atoms with Crippen LogP contribution in [0.5, 0.6) is 23.0 Å². The Labute approximate surface area is 202 Å². The van der Waals surface area contributed by atoms with Crippen LogP contribution in [0.2, 0.25) is 0 Å². The number of aromatic hydroxyl groups is 2. The van der Waals surface area contributed by atoms with Gasteiger partial charge < -0.3 is 30.3 Å². The molecule has 0 unspecified atom stereocenters. The zero-order valence-corrected chi connectivity index (χ0v) is 19.2. The average Bonchev–Trinajstić information content (AvgIpc) is 2.85. The van der Waals surface area contributed by atoms with Gasteiger partial charge in [-0.15, -0.1) is 0 Å². The van der Waals surface area contributed by atoms with Crippen molar-refractivity contribution in [3.05, 3.63) is 58.7 Å². The van der Waals surface area contributed by atoms with E-state index in [1.807, 2.05) is 12.1 Å². The number of carbonyl (C=O) groups excluding carboxylic acids is 2. The number of methoxy groups -OCH3 is 2. The maximum Gasteiger partial charge on any atom is 0.261 e. The van der Waals surface area contributed by atoms with Crippen LogP contribution in [0.3, 0.4) is 0 Å². The van der Waals surface area contributed by atoms with Gasteiger partial charge >= 0.3 is 0 Å². The fourth-order valence-electron chi connectivity index (χ4n) is 2.91. The third-order valence-electron chi connectivity index (χ3n) is 4.68. The van der Waals surface area contributed by atoms with Crippen LogP contribution >= 0.6 is 0 Å². The molecule has 0 fully saturated rings. The Hall–Kier alpha value is -4.96. The molecule has 0 aliphatic carbocycles. The number of carbonyl (C=O) groups is 2.